The van der Waals surface area contributed by atoms with Gasteiger partial charge in [0.1, 0.15) is 5.82 Å². The quantitative estimate of drug-likeness (QED) is 0.519. The van der Waals surface area contributed by atoms with Gasteiger partial charge in [0.25, 0.3) is 11.5 Å². The number of aromatic nitrogens is 2. The van der Waals surface area contributed by atoms with Crippen LogP contribution in [0.1, 0.15) is 22.6 Å². The monoisotopic (exact) mass is 413 g/mol. The Balaban J connectivity index is 1.27. The van der Waals surface area contributed by atoms with Crippen molar-refractivity contribution in [2.24, 2.45) is 0 Å². The van der Waals surface area contributed by atoms with Crippen LogP contribution in [0.3, 0.4) is 0 Å². The molecule has 1 aliphatic heterocycles. The molecule has 1 aliphatic rings. The second-order valence-corrected chi connectivity index (χ2v) is 7.51. The minimum Gasteiger partial charge on any atom is -0.452 e. The second kappa shape index (κ2) is 7.68. The fourth-order valence-corrected chi connectivity index (χ4v) is 3.89. The molecule has 1 aromatic heterocycles. The number of nitrogens with zero attached hydrogens (tertiary/aromatic N) is 2. The summed E-state index contributed by atoms with van der Waals surface area (Å²) < 4.78 is 6.84. The zero-order valence-electron chi connectivity index (χ0n) is 16.6. The Morgan fingerprint density at radius 2 is 1.87 bits per heavy atom. The Morgan fingerprint density at radius 3 is 2.74 bits per heavy atom. The number of hydrogen-bond donors (Lipinski definition) is 1. The minimum absolute atomic E-state index is 0.0906. The average molecular weight is 413 g/mol. The molecule has 4 aromatic rings. The van der Waals surface area contributed by atoms with E-state index < -0.39 is 18.5 Å². The third-order valence-corrected chi connectivity index (χ3v) is 5.42. The summed E-state index contributed by atoms with van der Waals surface area (Å²) in [7, 11) is 0. The number of hydrogen-bond acceptors (Lipinski definition) is 5. The molecule has 0 atom stereocenters. The molecule has 2 heterocycles. The molecule has 1 N–H and O–H groups in total. The summed E-state index contributed by atoms with van der Waals surface area (Å²) in [5, 5.41) is 5.28. The predicted octanol–water partition coefficient (Wildman–Crippen LogP) is 3.29. The van der Waals surface area contributed by atoms with Crippen LogP contribution < -0.4 is 10.9 Å². The van der Waals surface area contributed by atoms with Crippen LogP contribution in [0.4, 0.5) is 5.69 Å². The fraction of sp³-hybridized carbons (Fsp3) is 0.167. The van der Waals surface area contributed by atoms with Crippen LogP contribution in [-0.2, 0) is 22.5 Å². The van der Waals surface area contributed by atoms with Gasteiger partial charge in [0.05, 0.1) is 16.5 Å². The SMILES string of the molecule is O=C(COC(=O)c1ccc2c(=O)n3c(nc2c1)CCC3)Nc1ccc2ccccc2c1. The Hall–Kier alpha value is -4.00. The standard InChI is InChI=1S/C24H19N3O4/c28-22(25-18-9-7-15-4-1-2-5-16(15)12-18)14-31-24(30)17-8-10-19-20(13-17)26-21-6-3-11-27(21)23(19)29/h1-2,4-5,7-10,12-13H,3,6,11,14H2,(H,25,28). The lowest BCUT2D eigenvalue weighted by Crippen LogP contribution is -2.22. The van der Waals surface area contributed by atoms with Crippen LogP contribution in [0.25, 0.3) is 21.7 Å². The lowest BCUT2D eigenvalue weighted by atomic mass is 10.1. The average Bonchev–Trinajstić information content (AvgIpc) is 3.26. The number of benzene rings is 3. The third kappa shape index (κ3) is 3.66. The van der Waals surface area contributed by atoms with Crippen LogP contribution in [0.15, 0.2) is 65.5 Å². The van der Waals surface area contributed by atoms with Crippen molar-refractivity contribution in [3.8, 4) is 0 Å². The van der Waals surface area contributed by atoms with E-state index in [-0.39, 0.29) is 11.1 Å². The molecule has 31 heavy (non-hydrogen) atoms. The van der Waals surface area contributed by atoms with Gasteiger partial charge in [-0.3, -0.25) is 14.2 Å². The number of fused-ring (bicyclic) bond motifs is 3. The summed E-state index contributed by atoms with van der Waals surface area (Å²) in [5.74, 6) is -0.339. The molecule has 0 saturated heterocycles. The van der Waals surface area contributed by atoms with Gasteiger partial charge >= 0.3 is 5.97 Å². The molecule has 0 saturated carbocycles. The van der Waals surface area contributed by atoms with Crippen molar-refractivity contribution < 1.29 is 14.3 Å². The van der Waals surface area contributed by atoms with E-state index in [0.717, 1.165) is 29.4 Å². The van der Waals surface area contributed by atoms with Crippen LogP contribution in [-0.4, -0.2) is 28.0 Å². The lowest BCUT2D eigenvalue weighted by Gasteiger charge is -2.09. The molecule has 7 nitrogen and oxygen atoms in total. The van der Waals surface area contributed by atoms with E-state index in [2.05, 4.69) is 10.3 Å². The van der Waals surface area contributed by atoms with Crippen LogP contribution >= 0.6 is 0 Å². The summed E-state index contributed by atoms with van der Waals surface area (Å²) in [6.07, 6.45) is 1.63. The molecule has 5 rings (SSSR count). The number of carbonyl (C=O) groups is 2. The smallest absolute Gasteiger partial charge is 0.338 e. The number of ether oxygens (including phenoxy) is 1. The summed E-state index contributed by atoms with van der Waals surface area (Å²) in [4.78, 5) is 41.7. The zero-order valence-corrected chi connectivity index (χ0v) is 16.6. The number of amides is 1. The topological polar surface area (TPSA) is 90.3 Å². The van der Waals surface area contributed by atoms with E-state index in [4.69, 9.17) is 4.74 Å². The van der Waals surface area contributed by atoms with Gasteiger partial charge in [-0.15, -0.1) is 0 Å². The minimum atomic E-state index is -0.641. The molecule has 0 radical (unpaired) electrons. The molecule has 0 unspecified atom stereocenters. The Labute approximate surface area is 177 Å². The molecule has 154 valence electrons. The van der Waals surface area contributed by atoms with Crippen molar-refractivity contribution >= 4 is 39.2 Å². The molecule has 0 bridgehead atoms. The zero-order chi connectivity index (χ0) is 21.4. The molecule has 0 aliphatic carbocycles. The maximum Gasteiger partial charge on any atom is 0.338 e. The number of anilines is 1. The highest BCUT2D eigenvalue weighted by molar-refractivity contribution is 5.98. The third-order valence-electron chi connectivity index (χ3n) is 5.42. The highest BCUT2D eigenvalue weighted by Crippen LogP contribution is 2.19. The van der Waals surface area contributed by atoms with Crippen LogP contribution in [0, 0.1) is 0 Å². The van der Waals surface area contributed by atoms with E-state index in [1.807, 2.05) is 36.4 Å². The highest BCUT2D eigenvalue weighted by Gasteiger charge is 2.18. The maximum absolute atomic E-state index is 12.5. The van der Waals surface area contributed by atoms with Crippen molar-refractivity contribution in [2.45, 2.75) is 19.4 Å². The predicted molar refractivity (Wildman–Crippen MR) is 117 cm³/mol. The van der Waals surface area contributed by atoms with Crippen molar-refractivity contribution in [3.05, 3.63) is 82.4 Å². The van der Waals surface area contributed by atoms with Gasteiger partial charge < -0.3 is 10.1 Å². The number of nitrogens with one attached hydrogen (secondary N) is 1. The van der Waals surface area contributed by atoms with Gasteiger partial charge in [0, 0.05) is 18.7 Å². The van der Waals surface area contributed by atoms with Gasteiger partial charge in [-0.2, -0.15) is 0 Å². The Morgan fingerprint density at radius 1 is 1.03 bits per heavy atom. The summed E-state index contributed by atoms with van der Waals surface area (Å²) in [6, 6.07) is 18.1. The van der Waals surface area contributed by atoms with E-state index in [9.17, 15) is 14.4 Å². The summed E-state index contributed by atoms with van der Waals surface area (Å²) in [6.45, 7) is 0.261. The van der Waals surface area contributed by atoms with E-state index in [0.29, 0.717) is 23.1 Å². The fourth-order valence-electron chi connectivity index (χ4n) is 3.89. The van der Waals surface area contributed by atoms with E-state index >= 15 is 0 Å². The largest absolute Gasteiger partial charge is 0.452 e. The Bertz CT molecular complexity index is 1410. The van der Waals surface area contributed by atoms with E-state index in [1.165, 1.54) is 6.07 Å². The number of rotatable bonds is 4. The van der Waals surface area contributed by atoms with Crippen molar-refractivity contribution in [2.75, 3.05) is 11.9 Å². The van der Waals surface area contributed by atoms with Gasteiger partial charge in [-0.05, 0) is 47.5 Å². The van der Waals surface area contributed by atoms with E-state index in [1.54, 1.807) is 22.8 Å². The maximum atomic E-state index is 12.5. The van der Waals surface area contributed by atoms with Gasteiger partial charge in [0.2, 0.25) is 0 Å². The van der Waals surface area contributed by atoms with Gasteiger partial charge in [0.15, 0.2) is 6.61 Å². The molecule has 0 fully saturated rings. The van der Waals surface area contributed by atoms with Crippen LogP contribution in [0.2, 0.25) is 0 Å². The normalized spacial score (nSPS) is 12.6. The molecule has 0 spiro atoms. The van der Waals surface area contributed by atoms with Crippen LogP contribution in [0.5, 0.6) is 0 Å². The second-order valence-electron chi connectivity index (χ2n) is 7.51. The van der Waals surface area contributed by atoms with Gasteiger partial charge in [-0.1, -0.05) is 30.3 Å². The summed E-state index contributed by atoms with van der Waals surface area (Å²) >= 11 is 0. The lowest BCUT2D eigenvalue weighted by molar-refractivity contribution is -0.119. The first-order valence-electron chi connectivity index (χ1n) is 10.1. The highest BCUT2D eigenvalue weighted by atomic mass is 16.5. The molecular formula is C24H19N3O4. The first-order valence-corrected chi connectivity index (χ1v) is 10.1. The van der Waals surface area contributed by atoms with Crippen molar-refractivity contribution in [1.82, 2.24) is 9.55 Å². The van der Waals surface area contributed by atoms with Gasteiger partial charge in [-0.25, -0.2) is 9.78 Å². The molecule has 1 amide bonds. The number of esters is 1. The molecular weight excluding hydrogens is 394 g/mol. The first-order chi connectivity index (χ1) is 15.1. The number of aryl methyl sites for hydroxylation is 1. The molecule has 3 aromatic carbocycles. The molecule has 7 heteroatoms. The van der Waals surface area contributed by atoms with Crippen molar-refractivity contribution in [1.29, 1.82) is 0 Å². The number of carbonyl (C=O) groups excluding carboxylic acids is 2. The summed E-state index contributed by atoms with van der Waals surface area (Å²) in [5.41, 5.74) is 1.25. The Kier molecular flexibility index (Phi) is 4.71. The van der Waals surface area contributed by atoms with Crippen molar-refractivity contribution in [3.63, 3.8) is 0 Å². The first kappa shape index (κ1) is 19.0.